The third-order valence-electron chi connectivity index (χ3n) is 10.3. The number of amides is 1. The predicted molar refractivity (Wildman–Crippen MR) is 154 cm³/mol. The zero-order valence-corrected chi connectivity index (χ0v) is 23.7. The molecule has 0 atom stereocenters. The molecule has 0 saturated heterocycles. The number of rotatable bonds is 7. The number of aromatic nitrogens is 2. The normalized spacial score (nSPS) is 27.8. The highest BCUT2D eigenvalue weighted by atomic mass is 16.5. The van der Waals surface area contributed by atoms with Gasteiger partial charge in [0.2, 0.25) is 0 Å². The van der Waals surface area contributed by atoms with Crippen LogP contribution >= 0.6 is 0 Å². The molecule has 1 aromatic heterocycles. The van der Waals surface area contributed by atoms with Crippen LogP contribution in [-0.4, -0.2) is 46.5 Å². The lowest BCUT2D eigenvalue weighted by Gasteiger charge is -2.59. The molecule has 8 nitrogen and oxygen atoms in total. The minimum Gasteiger partial charge on any atom is -0.496 e. The molecular weight excluding hydrogens is 518 g/mol. The van der Waals surface area contributed by atoms with Crippen molar-refractivity contribution < 1.29 is 24.2 Å². The highest BCUT2D eigenvalue weighted by molar-refractivity contribution is 5.98. The number of hydrogen-bond donors (Lipinski definition) is 2. The molecule has 8 heteroatoms. The molecule has 1 amide bonds. The van der Waals surface area contributed by atoms with Crippen LogP contribution in [0.5, 0.6) is 11.5 Å². The standard InChI is InChI=1S/C33H37N3O5/c1-40-28-11-6-12-29(41-2)30(28)27-18-25(35-36(27)26-10-5-8-21-7-3-4-9-24(21)26)31(37)34-33(32(38)39)22-14-19-13-20(16-22)17-23(33)15-19/h5-6,8,10-12,18-20,22-23H,3-4,7,9,13-17H2,1-2H3,(H,34,37)(H,38,39). The number of carbonyl (C=O) groups is 2. The van der Waals surface area contributed by atoms with Gasteiger partial charge in [0.1, 0.15) is 17.0 Å². The van der Waals surface area contributed by atoms with E-state index in [2.05, 4.69) is 11.4 Å². The maximum Gasteiger partial charge on any atom is 0.330 e. The van der Waals surface area contributed by atoms with Gasteiger partial charge in [-0.15, -0.1) is 0 Å². The van der Waals surface area contributed by atoms with Crippen molar-refractivity contribution in [3.63, 3.8) is 0 Å². The summed E-state index contributed by atoms with van der Waals surface area (Å²) in [5, 5.41) is 18.6. The van der Waals surface area contributed by atoms with Crippen molar-refractivity contribution in [2.24, 2.45) is 23.7 Å². The average molecular weight is 556 g/mol. The van der Waals surface area contributed by atoms with Gasteiger partial charge in [0, 0.05) is 0 Å². The SMILES string of the molecule is COc1cccc(OC)c1-c1cc(C(=O)NC2(C(=O)O)C3CC4CC(C3)CC2C4)nn1-c1cccc2c1CCCC2. The first-order chi connectivity index (χ1) is 19.9. The largest absolute Gasteiger partial charge is 0.496 e. The number of nitrogens with one attached hydrogen (secondary N) is 1. The predicted octanol–water partition coefficient (Wildman–Crippen LogP) is 5.44. The summed E-state index contributed by atoms with van der Waals surface area (Å²) in [6.45, 7) is 0. The molecule has 0 spiro atoms. The van der Waals surface area contributed by atoms with Gasteiger partial charge in [-0.2, -0.15) is 5.10 Å². The maximum absolute atomic E-state index is 14.1. The van der Waals surface area contributed by atoms with Gasteiger partial charge >= 0.3 is 5.97 Å². The number of hydrogen-bond acceptors (Lipinski definition) is 5. The fourth-order valence-corrected chi connectivity index (χ4v) is 8.70. The molecule has 3 aromatic rings. The maximum atomic E-state index is 14.1. The molecule has 0 unspecified atom stereocenters. The Labute approximate surface area is 240 Å². The number of fused-ring (bicyclic) bond motifs is 1. The molecule has 41 heavy (non-hydrogen) atoms. The smallest absolute Gasteiger partial charge is 0.330 e. The van der Waals surface area contributed by atoms with Crippen LogP contribution in [0.15, 0.2) is 42.5 Å². The number of methoxy groups -OCH3 is 2. The fourth-order valence-electron chi connectivity index (χ4n) is 8.70. The first-order valence-electron chi connectivity index (χ1n) is 14.9. The first kappa shape index (κ1) is 26.1. The molecule has 0 radical (unpaired) electrons. The molecule has 4 saturated carbocycles. The monoisotopic (exact) mass is 555 g/mol. The van der Waals surface area contributed by atoms with Crippen LogP contribution in [-0.2, 0) is 17.6 Å². The second-order valence-corrected chi connectivity index (χ2v) is 12.4. The molecule has 4 fully saturated rings. The summed E-state index contributed by atoms with van der Waals surface area (Å²) in [5.74, 6) is 0.913. The van der Waals surface area contributed by atoms with E-state index in [9.17, 15) is 14.7 Å². The molecule has 5 aliphatic rings. The summed E-state index contributed by atoms with van der Waals surface area (Å²) in [6.07, 6.45) is 8.87. The van der Waals surface area contributed by atoms with Gasteiger partial charge in [0.05, 0.1) is 31.2 Å². The van der Waals surface area contributed by atoms with Crippen LogP contribution in [0, 0.1) is 23.7 Å². The molecule has 2 aromatic carbocycles. The van der Waals surface area contributed by atoms with Crippen LogP contribution in [0.2, 0.25) is 0 Å². The molecule has 214 valence electrons. The number of carbonyl (C=O) groups excluding carboxylic acids is 1. The lowest BCUT2D eigenvalue weighted by atomic mass is 9.48. The summed E-state index contributed by atoms with van der Waals surface area (Å²) in [4.78, 5) is 27.0. The Morgan fingerprint density at radius 2 is 1.56 bits per heavy atom. The van der Waals surface area contributed by atoms with Crippen molar-refractivity contribution in [3.8, 4) is 28.4 Å². The first-order valence-corrected chi connectivity index (χ1v) is 14.9. The van der Waals surface area contributed by atoms with Crippen molar-refractivity contribution in [2.75, 3.05) is 14.2 Å². The van der Waals surface area contributed by atoms with Crippen molar-refractivity contribution in [3.05, 3.63) is 59.3 Å². The van der Waals surface area contributed by atoms with Gasteiger partial charge in [-0.05, 0) is 117 Å². The summed E-state index contributed by atoms with van der Waals surface area (Å²) < 4.78 is 13.3. The number of carboxylic acid groups (broad SMARTS) is 1. The Balaban J connectivity index is 1.35. The molecule has 8 rings (SSSR count). The van der Waals surface area contributed by atoms with Gasteiger partial charge in [-0.25, -0.2) is 9.48 Å². The van der Waals surface area contributed by atoms with Crippen LogP contribution in [0.1, 0.15) is 66.6 Å². The Bertz CT molecular complexity index is 1470. The van der Waals surface area contributed by atoms with Gasteiger partial charge in [-0.3, -0.25) is 4.79 Å². The topological polar surface area (TPSA) is 103 Å². The van der Waals surface area contributed by atoms with Crippen LogP contribution < -0.4 is 14.8 Å². The van der Waals surface area contributed by atoms with Crippen molar-refractivity contribution in [1.82, 2.24) is 15.1 Å². The van der Waals surface area contributed by atoms with E-state index >= 15 is 0 Å². The van der Waals surface area contributed by atoms with Crippen molar-refractivity contribution in [1.29, 1.82) is 0 Å². The number of nitrogens with zero attached hydrogens (tertiary/aromatic N) is 2. The lowest BCUT2D eigenvalue weighted by molar-refractivity contribution is -0.163. The fraction of sp³-hybridized carbons (Fsp3) is 0.485. The van der Waals surface area contributed by atoms with E-state index in [1.807, 2.05) is 35.0 Å². The second kappa shape index (κ2) is 9.93. The third kappa shape index (κ3) is 4.05. The quantitative estimate of drug-likeness (QED) is 0.402. The van der Waals surface area contributed by atoms with E-state index in [0.29, 0.717) is 34.6 Å². The van der Waals surface area contributed by atoms with Gasteiger partial charge in [-0.1, -0.05) is 18.2 Å². The van der Waals surface area contributed by atoms with Crippen molar-refractivity contribution in [2.45, 2.75) is 63.3 Å². The van der Waals surface area contributed by atoms with Gasteiger partial charge in [0.25, 0.3) is 5.91 Å². The highest BCUT2D eigenvalue weighted by Gasteiger charge is 2.62. The minimum absolute atomic E-state index is 0.0442. The second-order valence-electron chi connectivity index (χ2n) is 12.4. The number of ether oxygens (including phenoxy) is 2. The number of carboxylic acids is 1. The number of benzene rings is 2. The number of aliphatic carboxylic acids is 1. The van der Waals surface area contributed by atoms with E-state index in [4.69, 9.17) is 14.6 Å². The van der Waals surface area contributed by atoms with Crippen LogP contribution in [0.25, 0.3) is 16.9 Å². The van der Waals surface area contributed by atoms with E-state index in [1.54, 1.807) is 20.3 Å². The molecule has 5 aliphatic carbocycles. The summed E-state index contributed by atoms with van der Waals surface area (Å²) in [5.41, 5.74) is 3.75. The summed E-state index contributed by atoms with van der Waals surface area (Å²) >= 11 is 0. The van der Waals surface area contributed by atoms with Crippen LogP contribution in [0.4, 0.5) is 0 Å². The third-order valence-corrected chi connectivity index (χ3v) is 10.3. The average Bonchev–Trinajstić information content (AvgIpc) is 3.42. The van der Waals surface area contributed by atoms with E-state index in [-0.39, 0.29) is 17.5 Å². The lowest BCUT2D eigenvalue weighted by Crippen LogP contribution is -2.70. The van der Waals surface area contributed by atoms with Crippen molar-refractivity contribution >= 4 is 11.9 Å². The Morgan fingerprint density at radius 3 is 2.20 bits per heavy atom. The van der Waals surface area contributed by atoms with Gasteiger partial charge in [0.15, 0.2) is 5.69 Å². The Morgan fingerprint density at radius 1 is 0.927 bits per heavy atom. The summed E-state index contributed by atoms with van der Waals surface area (Å²) in [6, 6.07) is 13.6. The van der Waals surface area contributed by atoms with Crippen LogP contribution in [0.3, 0.4) is 0 Å². The Kier molecular flexibility index (Phi) is 6.32. The van der Waals surface area contributed by atoms with E-state index < -0.39 is 17.4 Å². The number of aryl methyl sites for hydroxylation is 1. The van der Waals surface area contributed by atoms with E-state index in [1.165, 1.54) is 17.5 Å². The molecule has 0 aliphatic heterocycles. The Hall–Kier alpha value is -3.81. The molecule has 4 bridgehead atoms. The van der Waals surface area contributed by atoms with E-state index in [0.717, 1.165) is 57.1 Å². The zero-order valence-electron chi connectivity index (χ0n) is 23.7. The molecular formula is C33H37N3O5. The van der Waals surface area contributed by atoms with Gasteiger partial charge < -0.3 is 19.9 Å². The zero-order chi connectivity index (χ0) is 28.3. The molecule has 1 heterocycles. The summed E-state index contributed by atoms with van der Waals surface area (Å²) in [7, 11) is 3.22. The minimum atomic E-state index is -1.25. The highest BCUT2D eigenvalue weighted by Crippen LogP contribution is 2.58. The molecule has 2 N–H and O–H groups in total.